The minimum absolute atomic E-state index is 0.0570. The first-order valence-corrected chi connectivity index (χ1v) is 12.8. The maximum atomic E-state index is 12.9. The standard InChI is InChI=1S/C28H39N7O3/c1-15(2)25(30)21-11-22(24(36)12-23(21)29)26(31)35(27(32)28(37)33-16(3)4)20-9-7-19(8-10-20)34-13-17(5)38-18(6)14-34/h7-12,15-18,30-32,36H,13-14,29H2,1-6H3,(H,33,37). The number of benzene rings is 2. The van der Waals surface area contributed by atoms with Crippen molar-refractivity contribution in [2.75, 3.05) is 28.6 Å². The number of nitrogen functional groups attached to an aromatic ring is 1. The van der Waals surface area contributed by atoms with Crippen LogP contribution in [-0.4, -0.2) is 59.7 Å². The van der Waals surface area contributed by atoms with E-state index in [2.05, 4.69) is 10.2 Å². The molecule has 3 rings (SSSR count). The van der Waals surface area contributed by atoms with Crippen LogP contribution in [0.25, 0.3) is 0 Å². The predicted molar refractivity (Wildman–Crippen MR) is 153 cm³/mol. The molecule has 2 aromatic rings. The number of amidine groups is 2. The van der Waals surface area contributed by atoms with E-state index in [-0.39, 0.29) is 52.7 Å². The fourth-order valence-electron chi connectivity index (χ4n) is 4.46. The van der Waals surface area contributed by atoms with Gasteiger partial charge in [-0.1, -0.05) is 13.8 Å². The Kier molecular flexibility index (Phi) is 8.78. The highest BCUT2D eigenvalue weighted by molar-refractivity contribution is 6.48. The molecule has 10 heteroatoms. The number of hydrogen-bond acceptors (Lipinski definition) is 8. The monoisotopic (exact) mass is 521 g/mol. The van der Waals surface area contributed by atoms with Gasteiger partial charge >= 0.3 is 0 Å². The molecule has 0 bridgehead atoms. The quantitative estimate of drug-likeness (QED) is 0.192. The third kappa shape index (κ3) is 6.31. The fourth-order valence-corrected chi connectivity index (χ4v) is 4.46. The zero-order valence-corrected chi connectivity index (χ0v) is 22.9. The summed E-state index contributed by atoms with van der Waals surface area (Å²) in [5.41, 5.74) is 8.38. The molecule has 0 radical (unpaired) electrons. The van der Waals surface area contributed by atoms with Gasteiger partial charge in [0.1, 0.15) is 11.6 Å². The number of nitrogens with zero attached hydrogens (tertiary/aromatic N) is 2. The summed E-state index contributed by atoms with van der Waals surface area (Å²) in [6, 6.07) is 9.83. The lowest BCUT2D eigenvalue weighted by Gasteiger charge is -2.37. The fraction of sp³-hybridized carbons (Fsp3) is 0.429. The van der Waals surface area contributed by atoms with E-state index in [4.69, 9.17) is 26.7 Å². The molecule has 1 heterocycles. The van der Waals surface area contributed by atoms with E-state index in [0.29, 0.717) is 11.3 Å². The molecule has 7 N–H and O–H groups in total. The molecule has 1 saturated heterocycles. The number of ether oxygens (including phenoxy) is 1. The number of anilines is 3. The minimum atomic E-state index is -0.658. The van der Waals surface area contributed by atoms with Crippen molar-refractivity contribution in [2.24, 2.45) is 5.92 Å². The maximum absolute atomic E-state index is 12.9. The Hall–Kier alpha value is -3.92. The van der Waals surface area contributed by atoms with Crippen molar-refractivity contribution >= 4 is 40.4 Å². The van der Waals surface area contributed by atoms with Crippen LogP contribution >= 0.6 is 0 Å². The summed E-state index contributed by atoms with van der Waals surface area (Å²) in [6.07, 6.45) is 0.173. The SMILES string of the molecule is CC(C)NC(=O)C(=N)N(C(=N)c1cc(C(=N)C(C)C)c(N)cc1O)c1ccc(N2CC(C)OC(C)C2)cc1. The van der Waals surface area contributed by atoms with Crippen molar-refractivity contribution in [3.05, 3.63) is 47.5 Å². The van der Waals surface area contributed by atoms with Crippen LogP contribution in [0.1, 0.15) is 52.7 Å². The summed E-state index contributed by atoms with van der Waals surface area (Å²) in [6.45, 7) is 12.8. The lowest BCUT2D eigenvalue weighted by atomic mass is 9.95. The van der Waals surface area contributed by atoms with Gasteiger partial charge in [0, 0.05) is 53.5 Å². The molecule has 1 amide bonds. The van der Waals surface area contributed by atoms with Crippen LogP contribution in [0.15, 0.2) is 36.4 Å². The van der Waals surface area contributed by atoms with E-state index in [1.165, 1.54) is 17.0 Å². The van der Waals surface area contributed by atoms with Gasteiger partial charge in [0.05, 0.1) is 17.8 Å². The summed E-state index contributed by atoms with van der Waals surface area (Å²) in [7, 11) is 0. The zero-order chi connectivity index (χ0) is 28.3. The van der Waals surface area contributed by atoms with Gasteiger partial charge in [-0.15, -0.1) is 0 Å². The largest absolute Gasteiger partial charge is 0.507 e. The highest BCUT2D eigenvalue weighted by atomic mass is 16.5. The second-order valence-electron chi connectivity index (χ2n) is 10.4. The Bertz CT molecular complexity index is 1210. The zero-order valence-electron chi connectivity index (χ0n) is 22.9. The first-order valence-electron chi connectivity index (χ1n) is 12.8. The molecule has 1 fully saturated rings. The van der Waals surface area contributed by atoms with Crippen molar-refractivity contribution in [1.29, 1.82) is 16.2 Å². The van der Waals surface area contributed by atoms with E-state index < -0.39 is 11.7 Å². The van der Waals surface area contributed by atoms with Gasteiger partial charge in [0.15, 0.2) is 5.84 Å². The molecular weight excluding hydrogens is 482 g/mol. The summed E-state index contributed by atoms with van der Waals surface area (Å²) in [5.74, 6) is -1.82. The van der Waals surface area contributed by atoms with E-state index in [1.807, 2.05) is 39.8 Å². The second kappa shape index (κ2) is 11.6. The van der Waals surface area contributed by atoms with Crippen LogP contribution in [0.4, 0.5) is 17.1 Å². The van der Waals surface area contributed by atoms with Crippen LogP contribution in [-0.2, 0) is 9.53 Å². The predicted octanol–water partition coefficient (Wildman–Crippen LogP) is 3.95. The summed E-state index contributed by atoms with van der Waals surface area (Å²) < 4.78 is 5.83. The van der Waals surface area contributed by atoms with Gasteiger partial charge in [0.25, 0.3) is 5.91 Å². The van der Waals surface area contributed by atoms with Gasteiger partial charge in [-0.05, 0) is 63.9 Å². The summed E-state index contributed by atoms with van der Waals surface area (Å²) in [5, 5.41) is 39.5. The molecule has 2 atom stereocenters. The first kappa shape index (κ1) is 28.6. The Morgan fingerprint density at radius 3 is 2.16 bits per heavy atom. The first-order chi connectivity index (χ1) is 17.8. The number of nitrogens with one attached hydrogen (secondary N) is 4. The Morgan fingerprint density at radius 1 is 1.05 bits per heavy atom. The van der Waals surface area contributed by atoms with E-state index in [0.717, 1.165) is 18.8 Å². The molecule has 2 unspecified atom stereocenters. The van der Waals surface area contributed by atoms with Crippen LogP contribution in [0, 0.1) is 22.1 Å². The smallest absolute Gasteiger partial charge is 0.287 e. The lowest BCUT2D eigenvalue weighted by molar-refractivity contribution is -0.115. The molecule has 0 saturated carbocycles. The van der Waals surface area contributed by atoms with Gasteiger partial charge < -0.3 is 31.2 Å². The summed E-state index contributed by atoms with van der Waals surface area (Å²) in [4.78, 5) is 16.3. The molecule has 0 aliphatic carbocycles. The molecule has 10 nitrogen and oxygen atoms in total. The number of phenolic OH excluding ortho intramolecular Hbond substituents is 1. The van der Waals surface area contributed by atoms with Crippen LogP contribution in [0.2, 0.25) is 0 Å². The Morgan fingerprint density at radius 2 is 1.63 bits per heavy atom. The Balaban J connectivity index is 2.05. The van der Waals surface area contributed by atoms with Crippen LogP contribution in [0.5, 0.6) is 5.75 Å². The van der Waals surface area contributed by atoms with Crippen LogP contribution < -0.4 is 20.9 Å². The third-order valence-corrected chi connectivity index (χ3v) is 6.27. The highest BCUT2D eigenvalue weighted by Gasteiger charge is 2.28. The average molecular weight is 522 g/mol. The van der Waals surface area contributed by atoms with Crippen molar-refractivity contribution in [1.82, 2.24) is 5.32 Å². The number of carbonyl (C=O) groups excluding carboxylic acids is 1. The van der Waals surface area contributed by atoms with E-state index in [9.17, 15) is 9.90 Å². The number of hydrogen-bond donors (Lipinski definition) is 6. The molecule has 0 aromatic heterocycles. The van der Waals surface area contributed by atoms with Crippen molar-refractivity contribution in [3.63, 3.8) is 0 Å². The molecule has 1 aliphatic heterocycles. The van der Waals surface area contributed by atoms with Crippen molar-refractivity contribution < 1.29 is 14.6 Å². The number of carbonyl (C=O) groups is 1. The number of amides is 1. The molecule has 38 heavy (non-hydrogen) atoms. The molecule has 0 spiro atoms. The van der Waals surface area contributed by atoms with Crippen molar-refractivity contribution in [3.8, 4) is 5.75 Å². The van der Waals surface area contributed by atoms with Gasteiger partial charge in [-0.3, -0.25) is 20.5 Å². The normalized spacial score (nSPS) is 17.4. The molecule has 204 valence electrons. The summed E-state index contributed by atoms with van der Waals surface area (Å²) >= 11 is 0. The average Bonchev–Trinajstić information content (AvgIpc) is 2.83. The minimum Gasteiger partial charge on any atom is -0.507 e. The number of aromatic hydroxyl groups is 1. The number of phenols is 1. The van der Waals surface area contributed by atoms with Crippen LogP contribution in [0.3, 0.4) is 0 Å². The second-order valence-corrected chi connectivity index (χ2v) is 10.4. The number of nitrogens with two attached hydrogens (primary N) is 1. The van der Waals surface area contributed by atoms with E-state index >= 15 is 0 Å². The highest BCUT2D eigenvalue weighted by Crippen LogP contribution is 2.30. The van der Waals surface area contributed by atoms with Gasteiger partial charge in [-0.2, -0.15) is 0 Å². The van der Waals surface area contributed by atoms with Crippen molar-refractivity contribution in [2.45, 2.75) is 59.8 Å². The molecular formula is C28H39N7O3. The molecule has 1 aliphatic rings. The van der Waals surface area contributed by atoms with Gasteiger partial charge in [0.2, 0.25) is 0 Å². The number of rotatable bonds is 6. The Labute approximate surface area is 224 Å². The third-order valence-electron chi connectivity index (χ3n) is 6.27. The molecule has 2 aromatic carbocycles. The van der Waals surface area contributed by atoms with Gasteiger partial charge in [-0.25, -0.2) is 0 Å². The maximum Gasteiger partial charge on any atom is 0.287 e. The van der Waals surface area contributed by atoms with E-state index in [1.54, 1.807) is 26.0 Å². The lowest BCUT2D eigenvalue weighted by Crippen LogP contribution is -2.47. The number of morpholine rings is 1. The topological polar surface area (TPSA) is 163 Å².